The quantitative estimate of drug-likeness (QED) is 0.373. The van der Waals surface area contributed by atoms with E-state index in [1.54, 1.807) is 6.33 Å². The van der Waals surface area contributed by atoms with Gasteiger partial charge < -0.3 is 14.5 Å². The van der Waals surface area contributed by atoms with Crippen LogP contribution in [0.3, 0.4) is 0 Å². The van der Waals surface area contributed by atoms with E-state index in [-0.39, 0.29) is 5.91 Å². The Morgan fingerprint density at radius 3 is 2.37 bits per heavy atom. The summed E-state index contributed by atoms with van der Waals surface area (Å²) in [5.74, 6) is 1.58. The first-order chi connectivity index (χ1) is 18.6. The number of imidazole rings is 1. The number of ether oxygens (including phenoxy) is 1. The van der Waals surface area contributed by atoms with Gasteiger partial charge in [0.1, 0.15) is 12.2 Å². The van der Waals surface area contributed by atoms with Gasteiger partial charge in [-0.25, -0.2) is 15.0 Å². The number of rotatable bonds is 5. The SMILES string of the molecule is O=C(CN1CCOCC1)N1CCN(c2ncnc3c2nc(-c2ccccc2Cl)n3-c2ccc(Cl)cc2)CC1. The van der Waals surface area contributed by atoms with E-state index in [9.17, 15) is 4.79 Å². The summed E-state index contributed by atoms with van der Waals surface area (Å²) in [7, 11) is 0. The maximum Gasteiger partial charge on any atom is 0.236 e. The van der Waals surface area contributed by atoms with Gasteiger partial charge in [-0.2, -0.15) is 0 Å². The van der Waals surface area contributed by atoms with Gasteiger partial charge in [0.05, 0.1) is 24.8 Å². The first-order valence-electron chi connectivity index (χ1n) is 12.7. The molecule has 2 aliphatic rings. The second-order valence-electron chi connectivity index (χ2n) is 9.35. The Hall–Kier alpha value is -3.24. The van der Waals surface area contributed by atoms with Crippen molar-refractivity contribution in [2.75, 3.05) is 63.9 Å². The Morgan fingerprint density at radius 1 is 0.895 bits per heavy atom. The van der Waals surface area contributed by atoms with Crippen molar-refractivity contribution >= 4 is 46.1 Å². The second-order valence-corrected chi connectivity index (χ2v) is 10.2. The summed E-state index contributed by atoms with van der Waals surface area (Å²) < 4.78 is 7.38. The molecule has 9 nitrogen and oxygen atoms in total. The molecule has 11 heteroatoms. The zero-order valence-corrected chi connectivity index (χ0v) is 22.3. The molecule has 0 aliphatic carbocycles. The van der Waals surface area contributed by atoms with Crippen LogP contribution in [-0.2, 0) is 9.53 Å². The summed E-state index contributed by atoms with van der Waals surface area (Å²) in [4.78, 5) is 33.5. The van der Waals surface area contributed by atoms with Crippen molar-refractivity contribution in [1.82, 2.24) is 29.3 Å². The standard InChI is InChI=1S/C27H27Cl2N7O2/c28-19-5-7-20(8-6-19)36-25(21-3-1-2-4-22(21)29)32-24-26(30-18-31-27(24)36)35-11-9-34(10-12-35)23(37)17-33-13-15-38-16-14-33/h1-8,18H,9-17H2. The van der Waals surface area contributed by atoms with Crippen molar-refractivity contribution in [2.45, 2.75) is 0 Å². The number of aromatic nitrogens is 4. The Kier molecular flexibility index (Phi) is 7.16. The van der Waals surface area contributed by atoms with Gasteiger partial charge in [-0.05, 0) is 36.4 Å². The van der Waals surface area contributed by atoms with Gasteiger partial charge in [-0.15, -0.1) is 0 Å². The molecule has 0 atom stereocenters. The third-order valence-electron chi connectivity index (χ3n) is 7.02. The molecule has 0 unspecified atom stereocenters. The Labute approximate surface area is 230 Å². The predicted octanol–water partition coefficient (Wildman–Crippen LogP) is 3.77. The number of fused-ring (bicyclic) bond motifs is 1. The molecule has 2 fully saturated rings. The molecular formula is C27H27Cl2N7O2. The topological polar surface area (TPSA) is 79.6 Å². The van der Waals surface area contributed by atoms with Crippen molar-refractivity contribution in [3.8, 4) is 17.1 Å². The molecule has 196 valence electrons. The van der Waals surface area contributed by atoms with Gasteiger partial charge in [0.15, 0.2) is 17.0 Å². The zero-order chi connectivity index (χ0) is 26.1. The summed E-state index contributed by atoms with van der Waals surface area (Å²) in [5.41, 5.74) is 3.03. The van der Waals surface area contributed by atoms with Crippen LogP contribution in [0.1, 0.15) is 0 Å². The molecule has 0 spiro atoms. The predicted molar refractivity (Wildman–Crippen MR) is 148 cm³/mol. The normalized spacial score (nSPS) is 16.8. The van der Waals surface area contributed by atoms with Crippen molar-refractivity contribution < 1.29 is 9.53 Å². The average Bonchev–Trinajstić information content (AvgIpc) is 3.34. The number of hydrogen-bond acceptors (Lipinski definition) is 7. The van der Waals surface area contributed by atoms with Gasteiger partial charge in [-0.1, -0.05) is 35.3 Å². The van der Waals surface area contributed by atoms with Gasteiger partial charge in [0, 0.05) is 55.5 Å². The lowest BCUT2D eigenvalue weighted by atomic mass is 10.2. The van der Waals surface area contributed by atoms with Crippen LogP contribution in [0.5, 0.6) is 0 Å². The molecule has 4 heterocycles. The minimum atomic E-state index is 0.160. The minimum Gasteiger partial charge on any atom is -0.379 e. The molecule has 6 rings (SSSR count). The van der Waals surface area contributed by atoms with Gasteiger partial charge in [-0.3, -0.25) is 14.3 Å². The van der Waals surface area contributed by atoms with Gasteiger partial charge in [0.25, 0.3) is 0 Å². The number of carbonyl (C=O) groups is 1. The lowest BCUT2D eigenvalue weighted by Crippen LogP contribution is -2.52. The molecule has 0 saturated carbocycles. The molecule has 0 bridgehead atoms. The fraction of sp³-hybridized carbons (Fsp3) is 0.333. The van der Waals surface area contributed by atoms with Crippen molar-refractivity contribution in [3.05, 3.63) is 64.9 Å². The smallest absolute Gasteiger partial charge is 0.236 e. The molecular weight excluding hydrogens is 525 g/mol. The molecule has 1 amide bonds. The summed E-state index contributed by atoms with van der Waals surface area (Å²) in [6.07, 6.45) is 1.57. The van der Waals surface area contributed by atoms with E-state index in [2.05, 4.69) is 19.8 Å². The van der Waals surface area contributed by atoms with Crippen LogP contribution in [-0.4, -0.2) is 94.3 Å². The molecule has 0 N–H and O–H groups in total. The number of amides is 1. The minimum absolute atomic E-state index is 0.160. The van der Waals surface area contributed by atoms with E-state index < -0.39 is 0 Å². The van der Waals surface area contributed by atoms with E-state index in [1.807, 2.05) is 58.0 Å². The fourth-order valence-electron chi connectivity index (χ4n) is 4.99. The fourth-order valence-corrected chi connectivity index (χ4v) is 5.33. The van der Waals surface area contributed by atoms with Crippen LogP contribution < -0.4 is 4.90 Å². The Balaban J connectivity index is 1.31. The van der Waals surface area contributed by atoms with Crippen LogP contribution >= 0.6 is 23.2 Å². The van der Waals surface area contributed by atoms with E-state index in [0.29, 0.717) is 73.0 Å². The third kappa shape index (κ3) is 4.94. The number of halogens is 2. The second kappa shape index (κ2) is 10.9. The monoisotopic (exact) mass is 551 g/mol. The number of carbonyl (C=O) groups excluding carboxylic acids is 1. The lowest BCUT2D eigenvalue weighted by Gasteiger charge is -2.36. The molecule has 2 aromatic heterocycles. The van der Waals surface area contributed by atoms with Gasteiger partial charge >= 0.3 is 0 Å². The first-order valence-corrected chi connectivity index (χ1v) is 13.4. The van der Waals surface area contributed by atoms with E-state index in [0.717, 1.165) is 30.2 Å². The number of anilines is 1. The molecule has 2 aliphatic heterocycles. The number of piperazine rings is 1. The maximum absolute atomic E-state index is 12.9. The first kappa shape index (κ1) is 25.1. The summed E-state index contributed by atoms with van der Waals surface area (Å²) >= 11 is 12.8. The highest BCUT2D eigenvalue weighted by atomic mass is 35.5. The Morgan fingerprint density at radius 2 is 1.63 bits per heavy atom. The van der Waals surface area contributed by atoms with Crippen molar-refractivity contribution in [2.24, 2.45) is 0 Å². The van der Waals surface area contributed by atoms with Gasteiger partial charge in [0.2, 0.25) is 5.91 Å². The Bertz CT molecular complexity index is 1450. The molecule has 2 saturated heterocycles. The molecule has 38 heavy (non-hydrogen) atoms. The maximum atomic E-state index is 12.9. The highest BCUT2D eigenvalue weighted by molar-refractivity contribution is 6.33. The molecule has 0 radical (unpaired) electrons. The van der Waals surface area contributed by atoms with Crippen molar-refractivity contribution in [3.63, 3.8) is 0 Å². The van der Waals surface area contributed by atoms with Crippen LogP contribution in [0, 0.1) is 0 Å². The highest BCUT2D eigenvalue weighted by Crippen LogP contribution is 2.35. The summed E-state index contributed by atoms with van der Waals surface area (Å²) in [6.45, 7) is 5.99. The van der Waals surface area contributed by atoms with Crippen LogP contribution in [0.4, 0.5) is 5.82 Å². The average molecular weight is 552 g/mol. The number of hydrogen-bond donors (Lipinski definition) is 0. The zero-order valence-electron chi connectivity index (χ0n) is 20.8. The number of nitrogens with zero attached hydrogens (tertiary/aromatic N) is 7. The van der Waals surface area contributed by atoms with Crippen LogP contribution in [0.2, 0.25) is 10.0 Å². The lowest BCUT2D eigenvalue weighted by molar-refractivity contribution is -0.133. The van der Waals surface area contributed by atoms with Crippen LogP contribution in [0.15, 0.2) is 54.9 Å². The molecule has 2 aromatic carbocycles. The third-order valence-corrected chi connectivity index (χ3v) is 7.60. The highest BCUT2D eigenvalue weighted by Gasteiger charge is 2.27. The summed E-state index contributed by atoms with van der Waals surface area (Å²) in [5, 5.41) is 1.24. The summed E-state index contributed by atoms with van der Waals surface area (Å²) in [6, 6.07) is 15.2. The number of morpholine rings is 1. The van der Waals surface area contributed by atoms with Crippen molar-refractivity contribution in [1.29, 1.82) is 0 Å². The number of benzene rings is 2. The van der Waals surface area contributed by atoms with Crippen LogP contribution in [0.25, 0.3) is 28.2 Å². The van der Waals surface area contributed by atoms with E-state index in [4.69, 9.17) is 32.9 Å². The van der Waals surface area contributed by atoms with E-state index in [1.165, 1.54) is 0 Å². The van der Waals surface area contributed by atoms with E-state index >= 15 is 0 Å². The largest absolute Gasteiger partial charge is 0.379 e. The molecule has 4 aromatic rings.